The van der Waals surface area contributed by atoms with Crippen molar-refractivity contribution in [3.05, 3.63) is 48.0 Å². The summed E-state index contributed by atoms with van der Waals surface area (Å²) in [6.07, 6.45) is 7.03. The number of carbonyl (C=O) groups excluding carboxylic acids is 1. The number of nitrogens with zero attached hydrogens (tertiary/aromatic N) is 3. The quantitative estimate of drug-likeness (QED) is 0.863. The zero-order chi connectivity index (χ0) is 16.9. The molecule has 1 aromatic heterocycles. The normalized spacial score (nSPS) is 17.6. The highest BCUT2D eigenvalue weighted by atomic mass is 32.2. The van der Waals surface area contributed by atoms with Gasteiger partial charge in [0.15, 0.2) is 0 Å². The third kappa shape index (κ3) is 3.67. The van der Waals surface area contributed by atoms with E-state index >= 15 is 0 Å². The number of benzene rings is 1. The Kier molecular flexibility index (Phi) is 5.30. The molecule has 1 fully saturated rings. The van der Waals surface area contributed by atoms with E-state index in [0.717, 1.165) is 19.4 Å². The van der Waals surface area contributed by atoms with Gasteiger partial charge in [-0.3, -0.25) is 4.79 Å². The molecule has 0 aliphatic carbocycles. The lowest BCUT2D eigenvalue weighted by Gasteiger charge is -2.33. The number of aromatic nitrogens is 2. The Morgan fingerprint density at radius 2 is 2.12 bits per heavy atom. The van der Waals surface area contributed by atoms with Crippen LogP contribution in [0, 0.1) is 5.82 Å². The van der Waals surface area contributed by atoms with Crippen LogP contribution >= 0.6 is 11.8 Å². The minimum absolute atomic E-state index is 0.0515. The summed E-state index contributed by atoms with van der Waals surface area (Å²) in [5.74, 6) is -0.191. The van der Waals surface area contributed by atoms with E-state index in [0.29, 0.717) is 17.4 Å². The second-order valence-corrected chi connectivity index (χ2v) is 6.47. The van der Waals surface area contributed by atoms with Crippen LogP contribution in [0.3, 0.4) is 0 Å². The zero-order valence-corrected chi connectivity index (χ0v) is 14.2. The van der Waals surface area contributed by atoms with Gasteiger partial charge < -0.3 is 10.2 Å². The van der Waals surface area contributed by atoms with E-state index in [1.165, 1.54) is 17.8 Å². The molecule has 2 heterocycles. The van der Waals surface area contributed by atoms with E-state index < -0.39 is 5.82 Å². The summed E-state index contributed by atoms with van der Waals surface area (Å²) in [6.45, 7) is 1.48. The molecule has 5 nitrogen and oxygen atoms in total. The molecule has 1 unspecified atom stereocenters. The van der Waals surface area contributed by atoms with Gasteiger partial charge in [-0.25, -0.2) is 14.4 Å². The van der Waals surface area contributed by atoms with Crippen LogP contribution in [0.4, 0.5) is 10.3 Å². The first-order valence-electron chi connectivity index (χ1n) is 7.84. The fraction of sp³-hybridized carbons (Fsp3) is 0.353. The molecule has 2 aromatic rings. The van der Waals surface area contributed by atoms with E-state index in [1.54, 1.807) is 30.6 Å². The van der Waals surface area contributed by atoms with Crippen LogP contribution in [-0.2, 0) is 0 Å². The van der Waals surface area contributed by atoms with E-state index in [2.05, 4.69) is 15.3 Å². The summed E-state index contributed by atoms with van der Waals surface area (Å²) in [4.78, 5) is 23.7. The van der Waals surface area contributed by atoms with Crippen molar-refractivity contribution in [3.8, 4) is 0 Å². The molecule has 1 saturated heterocycles. The molecule has 1 aromatic carbocycles. The summed E-state index contributed by atoms with van der Waals surface area (Å²) in [5, 5.41) is 2.96. The molecule has 1 atom stereocenters. The molecule has 0 bridgehead atoms. The summed E-state index contributed by atoms with van der Waals surface area (Å²) < 4.78 is 14.1. The van der Waals surface area contributed by atoms with Crippen molar-refractivity contribution in [2.24, 2.45) is 0 Å². The molecule has 7 heteroatoms. The molecule has 1 aliphatic rings. The maximum Gasteiger partial charge on any atom is 0.255 e. The Balaban J connectivity index is 1.71. The van der Waals surface area contributed by atoms with Crippen molar-refractivity contribution in [2.45, 2.75) is 23.8 Å². The molecule has 24 heavy (non-hydrogen) atoms. The summed E-state index contributed by atoms with van der Waals surface area (Å²) in [7, 11) is 0. The van der Waals surface area contributed by atoms with Crippen LogP contribution in [0.2, 0.25) is 0 Å². The van der Waals surface area contributed by atoms with Crippen molar-refractivity contribution in [1.29, 1.82) is 0 Å². The molecular formula is C17H19FN4OS. The first kappa shape index (κ1) is 16.7. The number of carbonyl (C=O) groups is 1. The smallest absolute Gasteiger partial charge is 0.255 e. The standard InChI is InChI=1S/C17H19FN4OS/c1-24-14-7-2-6-13(18)15(14)16(23)21-12-5-3-10-22(11-12)17-19-8-4-9-20-17/h2,4,6-9,12H,3,5,10-11H2,1H3,(H,21,23). The highest BCUT2D eigenvalue weighted by molar-refractivity contribution is 7.98. The van der Waals surface area contributed by atoms with Crippen LogP contribution in [0.25, 0.3) is 0 Å². The average molecular weight is 346 g/mol. The van der Waals surface area contributed by atoms with Gasteiger partial charge in [0.25, 0.3) is 5.91 Å². The topological polar surface area (TPSA) is 58.1 Å². The second-order valence-electron chi connectivity index (χ2n) is 5.62. The second kappa shape index (κ2) is 7.61. The number of piperidine rings is 1. The third-order valence-corrected chi connectivity index (χ3v) is 4.79. The largest absolute Gasteiger partial charge is 0.347 e. The number of rotatable bonds is 4. The SMILES string of the molecule is CSc1cccc(F)c1C(=O)NC1CCCN(c2ncccn2)C1. The minimum Gasteiger partial charge on any atom is -0.347 e. The molecular weight excluding hydrogens is 327 g/mol. The van der Waals surface area contributed by atoms with Crippen molar-refractivity contribution in [1.82, 2.24) is 15.3 Å². The van der Waals surface area contributed by atoms with Gasteiger partial charge in [-0.1, -0.05) is 6.07 Å². The predicted molar refractivity (Wildman–Crippen MR) is 92.9 cm³/mol. The highest BCUT2D eigenvalue weighted by Gasteiger charge is 2.25. The zero-order valence-electron chi connectivity index (χ0n) is 13.4. The number of thioether (sulfide) groups is 1. The van der Waals surface area contributed by atoms with Crippen LogP contribution in [0.5, 0.6) is 0 Å². The lowest BCUT2D eigenvalue weighted by Crippen LogP contribution is -2.48. The monoisotopic (exact) mass is 346 g/mol. The van der Waals surface area contributed by atoms with Crippen molar-refractivity contribution in [2.75, 3.05) is 24.2 Å². The number of halogens is 1. The predicted octanol–water partition coefficient (Wildman–Crippen LogP) is 2.74. The summed E-state index contributed by atoms with van der Waals surface area (Å²) in [6, 6.07) is 6.42. The van der Waals surface area contributed by atoms with Gasteiger partial charge in [-0.05, 0) is 37.3 Å². The maximum absolute atomic E-state index is 14.1. The van der Waals surface area contributed by atoms with Crippen LogP contribution in [0.15, 0.2) is 41.6 Å². The molecule has 0 saturated carbocycles. The average Bonchev–Trinajstić information content (AvgIpc) is 2.62. The molecule has 126 valence electrons. The van der Waals surface area contributed by atoms with Crippen LogP contribution in [0.1, 0.15) is 23.2 Å². The lowest BCUT2D eigenvalue weighted by molar-refractivity contribution is 0.0925. The van der Waals surface area contributed by atoms with Crippen LogP contribution < -0.4 is 10.2 Å². The third-order valence-electron chi connectivity index (χ3n) is 4.01. The summed E-state index contributed by atoms with van der Waals surface area (Å²) >= 11 is 1.37. The van der Waals surface area contributed by atoms with Gasteiger partial charge in [0, 0.05) is 36.4 Å². The van der Waals surface area contributed by atoms with Gasteiger partial charge in [0.1, 0.15) is 5.82 Å². The minimum atomic E-state index is -0.488. The van der Waals surface area contributed by atoms with E-state index in [9.17, 15) is 9.18 Å². The molecule has 0 radical (unpaired) electrons. The molecule has 1 aliphatic heterocycles. The van der Waals surface area contributed by atoms with Gasteiger partial charge in [-0.15, -0.1) is 11.8 Å². The lowest BCUT2D eigenvalue weighted by atomic mass is 10.1. The molecule has 1 N–H and O–H groups in total. The highest BCUT2D eigenvalue weighted by Crippen LogP contribution is 2.23. The van der Waals surface area contributed by atoms with Crippen molar-refractivity contribution >= 4 is 23.6 Å². The fourth-order valence-electron chi connectivity index (χ4n) is 2.88. The first-order chi connectivity index (χ1) is 11.7. The Morgan fingerprint density at radius 3 is 2.88 bits per heavy atom. The van der Waals surface area contributed by atoms with Gasteiger partial charge >= 0.3 is 0 Å². The van der Waals surface area contributed by atoms with E-state index in [-0.39, 0.29) is 17.5 Å². The first-order valence-corrected chi connectivity index (χ1v) is 9.07. The van der Waals surface area contributed by atoms with E-state index in [1.807, 2.05) is 11.2 Å². The van der Waals surface area contributed by atoms with Gasteiger partial charge in [0.05, 0.1) is 5.56 Å². The number of anilines is 1. The molecule has 0 spiro atoms. The summed E-state index contributed by atoms with van der Waals surface area (Å²) in [5.41, 5.74) is 0.123. The number of nitrogens with one attached hydrogen (secondary N) is 1. The fourth-order valence-corrected chi connectivity index (χ4v) is 3.49. The van der Waals surface area contributed by atoms with Crippen molar-refractivity contribution < 1.29 is 9.18 Å². The van der Waals surface area contributed by atoms with E-state index in [4.69, 9.17) is 0 Å². The Hall–Kier alpha value is -2.15. The number of amides is 1. The number of hydrogen-bond acceptors (Lipinski definition) is 5. The van der Waals surface area contributed by atoms with Crippen molar-refractivity contribution in [3.63, 3.8) is 0 Å². The van der Waals surface area contributed by atoms with Crippen LogP contribution in [-0.4, -0.2) is 41.3 Å². The Labute approximate surface area is 144 Å². The molecule has 1 amide bonds. The maximum atomic E-state index is 14.1. The number of hydrogen-bond donors (Lipinski definition) is 1. The van der Waals surface area contributed by atoms with Gasteiger partial charge in [-0.2, -0.15) is 0 Å². The van der Waals surface area contributed by atoms with Gasteiger partial charge in [0.2, 0.25) is 5.95 Å². The Morgan fingerprint density at radius 1 is 1.33 bits per heavy atom. The Bertz CT molecular complexity index is 713. The molecule has 3 rings (SSSR count).